The standard InChI is InChI=1S/C26H21ClN2O5/c1-3-6-16-9-12-22(23(13-16)33-2)34-15-24(30)28-17-10-11-21(20(27)14-17)29-25(31)18-7-4-5-8-19(18)26(29)32/h3-14H,15H2,1-2H3,(H,28,30)/b6-3+. The Hall–Kier alpha value is -4.10. The summed E-state index contributed by atoms with van der Waals surface area (Å²) in [6.07, 6.45) is 3.84. The minimum absolute atomic E-state index is 0.148. The minimum atomic E-state index is -0.443. The van der Waals surface area contributed by atoms with Crippen LogP contribution < -0.4 is 19.7 Å². The Morgan fingerprint density at radius 1 is 1.00 bits per heavy atom. The molecule has 3 aromatic carbocycles. The van der Waals surface area contributed by atoms with Gasteiger partial charge in [-0.05, 0) is 55.0 Å². The van der Waals surface area contributed by atoms with E-state index in [1.54, 1.807) is 36.4 Å². The third-order valence-corrected chi connectivity index (χ3v) is 5.47. The predicted molar refractivity (Wildman–Crippen MR) is 131 cm³/mol. The van der Waals surface area contributed by atoms with Crippen molar-refractivity contribution >= 4 is 46.8 Å². The fourth-order valence-corrected chi connectivity index (χ4v) is 3.88. The van der Waals surface area contributed by atoms with E-state index in [-0.39, 0.29) is 17.3 Å². The Balaban J connectivity index is 1.43. The summed E-state index contributed by atoms with van der Waals surface area (Å²) < 4.78 is 10.9. The molecule has 0 radical (unpaired) electrons. The first kappa shape index (κ1) is 23.1. The van der Waals surface area contributed by atoms with Crippen LogP contribution in [0.15, 0.2) is 66.7 Å². The number of anilines is 2. The van der Waals surface area contributed by atoms with E-state index in [1.165, 1.54) is 19.2 Å². The zero-order valence-electron chi connectivity index (χ0n) is 18.5. The number of hydrogen-bond acceptors (Lipinski definition) is 5. The van der Waals surface area contributed by atoms with E-state index in [9.17, 15) is 14.4 Å². The van der Waals surface area contributed by atoms with Gasteiger partial charge in [0, 0.05) is 5.69 Å². The van der Waals surface area contributed by atoms with E-state index >= 15 is 0 Å². The highest BCUT2D eigenvalue weighted by Gasteiger charge is 2.37. The fraction of sp³-hybridized carbons (Fsp3) is 0.115. The van der Waals surface area contributed by atoms with Crippen molar-refractivity contribution in [1.82, 2.24) is 0 Å². The van der Waals surface area contributed by atoms with E-state index in [0.717, 1.165) is 10.5 Å². The molecule has 1 N–H and O–H groups in total. The van der Waals surface area contributed by atoms with E-state index in [0.29, 0.717) is 28.3 Å². The lowest BCUT2D eigenvalue weighted by atomic mass is 10.1. The summed E-state index contributed by atoms with van der Waals surface area (Å²) in [5.74, 6) is -0.352. The average Bonchev–Trinajstić information content (AvgIpc) is 3.08. The van der Waals surface area contributed by atoms with Gasteiger partial charge in [0.15, 0.2) is 18.1 Å². The molecule has 0 fully saturated rings. The molecule has 172 valence electrons. The van der Waals surface area contributed by atoms with Gasteiger partial charge in [0.2, 0.25) is 0 Å². The van der Waals surface area contributed by atoms with Gasteiger partial charge < -0.3 is 14.8 Å². The van der Waals surface area contributed by atoms with Crippen LogP contribution in [-0.4, -0.2) is 31.4 Å². The molecule has 34 heavy (non-hydrogen) atoms. The number of amides is 3. The largest absolute Gasteiger partial charge is 0.493 e. The molecule has 3 amide bonds. The van der Waals surface area contributed by atoms with Gasteiger partial charge in [-0.2, -0.15) is 0 Å². The van der Waals surface area contributed by atoms with Crippen LogP contribution >= 0.6 is 11.6 Å². The van der Waals surface area contributed by atoms with Crippen LogP contribution in [0, 0.1) is 0 Å². The second kappa shape index (κ2) is 9.80. The zero-order valence-corrected chi connectivity index (χ0v) is 19.3. The molecule has 1 aliphatic heterocycles. The average molecular weight is 477 g/mol. The van der Waals surface area contributed by atoms with Crippen molar-refractivity contribution in [2.75, 3.05) is 23.9 Å². The normalized spacial score (nSPS) is 12.7. The van der Waals surface area contributed by atoms with Crippen molar-refractivity contribution in [2.24, 2.45) is 0 Å². The molecule has 0 aliphatic carbocycles. The van der Waals surface area contributed by atoms with Crippen LogP contribution in [0.25, 0.3) is 6.08 Å². The quantitative estimate of drug-likeness (QED) is 0.474. The second-order valence-corrected chi connectivity index (χ2v) is 7.81. The number of nitrogens with one attached hydrogen (secondary N) is 1. The molecule has 0 spiro atoms. The molecule has 7 nitrogen and oxygen atoms in total. The molecule has 0 bridgehead atoms. The van der Waals surface area contributed by atoms with Crippen molar-refractivity contribution in [3.63, 3.8) is 0 Å². The number of carbonyl (C=O) groups excluding carboxylic acids is 3. The lowest BCUT2D eigenvalue weighted by Gasteiger charge is -2.17. The highest BCUT2D eigenvalue weighted by molar-refractivity contribution is 6.40. The monoisotopic (exact) mass is 476 g/mol. The minimum Gasteiger partial charge on any atom is -0.493 e. The number of halogens is 1. The van der Waals surface area contributed by atoms with Gasteiger partial charge in [0.05, 0.1) is 28.9 Å². The van der Waals surface area contributed by atoms with E-state index in [2.05, 4.69) is 5.32 Å². The molecular formula is C26H21ClN2O5. The van der Waals surface area contributed by atoms with Gasteiger partial charge in [0.1, 0.15) is 0 Å². The van der Waals surface area contributed by atoms with Gasteiger partial charge in [0.25, 0.3) is 17.7 Å². The first-order valence-electron chi connectivity index (χ1n) is 10.4. The summed E-state index contributed by atoms with van der Waals surface area (Å²) in [5, 5.41) is 2.84. The van der Waals surface area contributed by atoms with E-state index < -0.39 is 17.7 Å². The summed E-state index contributed by atoms with van der Waals surface area (Å²) in [6, 6.07) is 16.5. The van der Waals surface area contributed by atoms with Crippen molar-refractivity contribution in [1.29, 1.82) is 0 Å². The highest BCUT2D eigenvalue weighted by Crippen LogP contribution is 2.35. The summed E-state index contributed by atoms with van der Waals surface area (Å²) in [6.45, 7) is 1.66. The molecule has 1 aliphatic rings. The Bertz CT molecular complexity index is 1280. The van der Waals surface area contributed by atoms with Crippen LogP contribution in [0.4, 0.5) is 11.4 Å². The van der Waals surface area contributed by atoms with Gasteiger partial charge in [-0.3, -0.25) is 14.4 Å². The first-order chi connectivity index (χ1) is 16.4. The van der Waals surface area contributed by atoms with Crippen molar-refractivity contribution in [3.8, 4) is 11.5 Å². The lowest BCUT2D eigenvalue weighted by Crippen LogP contribution is -2.29. The number of allylic oxidation sites excluding steroid dienone is 1. The van der Waals surface area contributed by atoms with Crippen molar-refractivity contribution in [3.05, 3.63) is 88.5 Å². The SMILES string of the molecule is C/C=C/c1ccc(OCC(=O)Nc2ccc(N3C(=O)c4ccccc4C3=O)c(Cl)c2)c(OC)c1. The van der Waals surface area contributed by atoms with E-state index in [1.807, 2.05) is 31.2 Å². The maximum absolute atomic E-state index is 12.7. The molecular weight excluding hydrogens is 456 g/mol. The smallest absolute Gasteiger partial charge is 0.266 e. The number of nitrogens with zero attached hydrogens (tertiary/aromatic N) is 1. The van der Waals surface area contributed by atoms with Gasteiger partial charge in [-0.25, -0.2) is 4.90 Å². The molecule has 4 rings (SSSR count). The summed E-state index contributed by atoms with van der Waals surface area (Å²) in [4.78, 5) is 38.8. The van der Waals surface area contributed by atoms with Crippen molar-refractivity contribution in [2.45, 2.75) is 6.92 Å². The van der Waals surface area contributed by atoms with Crippen LogP contribution in [0.1, 0.15) is 33.2 Å². The highest BCUT2D eigenvalue weighted by atomic mass is 35.5. The first-order valence-corrected chi connectivity index (χ1v) is 10.8. The summed E-state index contributed by atoms with van der Waals surface area (Å²) in [5.41, 5.74) is 2.24. The maximum Gasteiger partial charge on any atom is 0.266 e. The number of ether oxygens (including phenoxy) is 2. The van der Waals surface area contributed by atoms with Crippen molar-refractivity contribution < 1.29 is 23.9 Å². The summed E-state index contributed by atoms with van der Waals surface area (Å²) in [7, 11) is 1.53. The molecule has 0 saturated carbocycles. The second-order valence-electron chi connectivity index (χ2n) is 7.40. The Morgan fingerprint density at radius 2 is 1.71 bits per heavy atom. The van der Waals surface area contributed by atoms with Crippen LogP contribution in [-0.2, 0) is 4.79 Å². The predicted octanol–water partition coefficient (Wildman–Crippen LogP) is 5.20. The Morgan fingerprint density at radius 3 is 2.32 bits per heavy atom. The molecule has 1 heterocycles. The molecule has 0 saturated heterocycles. The number of hydrogen-bond donors (Lipinski definition) is 1. The topological polar surface area (TPSA) is 84.9 Å². The van der Waals surface area contributed by atoms with Gasteiger partial charge in [-0.1, -0.05) is 42.0 Å². The summed E-state index contributed by atoms with van der Waals surface area (Å²) >= 11 is 6.37. The Labute approximate surface area is 201 Å². The van der Waals surface area contributed by atoms with E-state index in [4.69, 9.17) is 21.1 Å². The number of rotatable bonds is 7. The number of benzene rings is 3. The molecule has 8 heteroatoms. The van der Waals surface area contributed by atoms with Crippen LogP contribution in [0.5, 0.6) is 11.5 Å². The zero-order chi connectivity index (χ0) is 24.2. The molecule has 0 unspecified atom stereocenters. The van der Waals surface area contributed by atoms with Crippen LogP contribution in [0.2, 0.25) is 5.02 Å². The number of carbonyl (C=O) groups is 3. The van der Waals surface area contributed by atoms with Gasteiger partial charge in [-0.15, -0.1) is 0 Å². The molecule has 3 aromatic rings. The lowest BCUT2D eigenvalue weighted by molar-refractivity contribution is -0.118. The fourth-order valence-electron chi connectivity index (χ4n) is 3.61. The third kappa shape index (κ3) is 4.51. The number of imide groups is 1. The number of methoxy groups -OCH3 is 1. The molecule has 0 aromatic heterocycles. The maximum atomic E-state index is 12.7. The van der Waals surface area contributed by atoms with Gasteiger partial charge >= 0.3 is 0 Å². The molecule has 0 atom stereocenters. The Kier molecular flexibility index (Phi) is 6.65. The number of fused-ring (bicyclic) bond motifs is 1. The van der Waals surface area contributed by atoms with Crippen LogP contribution in [0.3, 0.4) is 0 Å². The third-order valence-electron chi connectivity index (χ3n) is 5.17.